The minimum atomic E-state index is -3.84. The number of hydrogen-bond donors (Lipinski definition) is 1. The van der Waals surface area contributed by atoms with Crippen molar-refractivity contribution < 1.29 is 18.3 Å². The zero-order valence-electron chi connectivity index (χ0n) is 10.4. The van der Waals surface area contributed by atoms with E-state index in [0.29, 0.717) is 8.95 Å². The molecule has 0 saturated carbocycles. The predicted molar refractivity (Wildman–Crippen MR) is 78.6 cm³/mol. The Bertz CT molecular complexity index is 601. The lowest BCUT2D eigenvalue weighted by Gasteiger charge is -2.19. The van der Waals surface area contributed by atoms with Crippen molar-refractivity contribution in [2.75, 3.05) is 13.1 Å². The highest BCUT2D eigenvalue weighted by molar-refractivity contribution is 9.11. The summed E-state index contributed by atoms with van der Waals surface area (Å²) in [4.78, 5) is 10.8. The van der Waals surface area contributed by atoms with E-state index in [0.717, 1.165) is 9.87 Å². The number of carbonyl (C=O) groups is 1. The summed E-state index contributed by atoms with van der Waals surface area (Å²) in [7, 11) is -3.84. The van der Waals surface area contributed by atoms with Crippen molar-refractivity contribution in [2.24, 2.45) is 0 Å². The molecule has 0 amide bonds. The predicted octanol–water partition coefficient (Wildman–Crippen LogP) is 2.62. The van der Waals surface area contributed by atoms with Gasteiger partial charge in [-0.3, -0.25) is 4.79 Å². The van der Waals surface area contributed by atoms with Crippen LogP contribution in [0.3, 0.4) is 0 Å². The maximum atomic E-state index is 12.4. The van der Waals surface area contributed by atoms with E-state index in [9.17, 15) is 13.2 Å². The van der Waals surface area contributed by atoms with E-state index in [1.165, 1.54) is 6.07 Å². The monoisotopic (exact) mass is 413 g/mol. The fourth-order valence-corrected chi connectivity index (χ4v) is 4.52. The summed E-state index contributed by atoms with van der Waals surface area (Å²) < 4.78 is 26.8. The summed E-state index contributed by atoms with van der Waals surface area (Å²) in [5.74, 6) is -1.19. The van der Waals surface area contributed by atoms with Crippen molar-refractivity contribution >= 4 is 47.9 Å². The molecular weight excluding hydrogens is 402 g/mol. The smallest absolute Gasteiger partial charge is 0.318 e. The first-order valence-corrected chi connectivity index (χ1v) is 8.40. The van der Waals surface area contributed by atoms with Gasteiger partial charge in [0.1, 0.15) is 6.54 Å². The highest BCUT2D eigenvalue weighted by Gasteiger charge is 2.27. The van der Waals surface area contributed by atoms with Crippen molar-refractivity contribution in [3.05, 3.63) is 26.6 Å². The molecule has 0 fully saturated rings. The Morgan fingerprint density at radius 2 is 1.89 bits per heavy atom. The normalized spacial score (nSPS) is 11.8. The highest BCUT2D eigenvalue weighted by Crippen LogP contribution is 2.30. The van der Waals surface area contributed by atoms with Gasteiger partial charge in [-0.05, 0) is 40.5 Å². The van der Waals surface area contributed by atoms with Crippen LogP contribution >= 0.6 is 31.9 Å². The van der Waals surface area contributed by atoms with Gasteiger partial charge in [0.2, 0.25) is 10.0 Å². The Morgan fingerprint density at radius 3 is 2.37 bits per heavy atom. The minimum Gasteiger partial charge on any atom is -0.480 e. The molecule has 106 valence electrons. The lowest BCUT2D eigenvalue weighted by Crippen LogP contribution is -2.35. The molecule has 0 spiro atoms. The summed E-state index contributed by atoms with van der Waals surface area (Å²) >= 11 is 6.48. The number of rotatable bonds is 5. The summed E-state index contributed by atoms with van der Waals surface area (Å²) in [5.41, 5.74) is 0.882. The standard InChI is InChI=1S/C11H13Br2NO4S/c1-3-14(6-11(15)16)19(17,18)10-5-8(12)7(2)4-9(10)13/h4-5H,3,6H2,1-2H3,(H,15,16). The Kier molecular flexibility index (Phi) is 5.54. The number of benzene rings is 1. The molecule has 0 unspecified atom stereocenters. The maximum absolute atomic E-state index is 12.4. The lowest BCUT2D eigenvalue weighted by atomic mass is 10.2. The Hall–Kier alpha value is -0.440. The number of sulfonamides is 1. The number of likely N-dealkylation sites (N-methyl/N-ethyl adjacent to an activating group) is 1. The van der Waals surface area contributed by atoms with Crippen LogP contribution in [0.15, 0.2) is 26.0 Å². The Morgan fingerprint density at radius 1 is 1.32 bits per heavy atom. The van der Waals surface area contributed by atoms with E-state index in [1.807, 2.05) is 6.92 Å². The van der Waals surface area contributed by atoms with E-state index < -0.39 is 22.5 Å². The van der Waals surface area contributed by atoms with E-state index >= 15 is 0 Å². The van der Waals surface area contributed by atoms with Crippen LogP contribution in [0, 0.1) is 6.92 Å². The molecule has 0 radical (unpaired) electrons. The zero-order chi connectivity index (χ0) is 14.8. The second-order valence-electron chi connectivity index (χ2n) is 3.86. The summed E-state index contributed by atoms with van der Waals surface area (Å²) in [6.07, 6.45) is 0. The van der Waals surface area contributed by atoms with Crippen molar-refractivity contribution in [2.45, 2.75) is 18.7 Å². The average molecular weight is 415 g/mol. The molecule has 0 aliphatic heterocycles. The van der Waals surface area contributed by atoms with Crippen LogP contribution in [0.1, 0.15) is 12.5 Å². The van der Waals surface area contributed by atoms with Crippen molar-refractivity contribution in [1.82, 2.24) is 4.31 Å². The molecule has 1 N–H and O–H groups in total. The number of aryl methyl sites for hydroxylation is 1. The van der Waals surface area contributed by atoms with E-state index in [1.54, 1.807) is 13.0 Å². The van der Waals surface area contributed by atoms with Crippen LogP contribution in [-0.4, -0.2) is 36.9 Å². The first-order valence-electron chi connectivity index (χ1n) is 5.37. The van der Waals surface area contributed by atoms with Crippen LogP contribution in [0.25, 0.3) is 0 Å². The molecule has 19 heavy (non-hydrogen) atoms. The van der Waals surface area contributed by atoms with Gasteiger partial charge in [0.15, 0.2) is 0 Å². The van der Waals surface area contributed by atoms with Crippen molar-refractivity contribution in [1.29, 1.82) is 0 Å². The van der Waals surface area contributed by atoms with Gasteiger partial charge >= 0.3 is 5.97 Å². The molecule has 0 aliphatic rings. The Balaban J connectivity index is 3.33. The third-order valence-electron chi connectivity index (χ3n) is 2.50. The van der Waals surface area contributed by atoms with Gasteiger partial charge in [0, 0.05) is 15.5 Å². The van der Waals surface area contributed by atoms with Gasteiger partial charge in [0.05, 0.1) is 4.90 Å². The van der Waals surface area contributed by atoms with E-state index in [-0.39, 0.29) is 11.4 Å². The van der Waals surface area contributed by atoms with Crippen molar-refractivity contribution in [3.63, 3.8) is 0 Å². The molecule has 1 aromatic rings. The van der Waals surface area contributed by atoms with Crippen LogP contribution in [-0.2, 0) is 14.8 Å². The molecular formula is C11H13Br2NO4S. The Labute approximate surface area is 128 Å². The molecule has 1 aromatic carbocycles. The number of carboxylic acids is 1. The van der Waals surface area contributed by atoms with Crippen molar-refractivity contribution in [3.8, 4) is 0 Å². The third-order valence-corrected chi connectivity index (χ3v) is 6.23. The summed E-state index contributed by atoms with van der Waals surface area (Å²) in [5, 5.41) is 8.77. The van der Waals surface area contributed by atoms with Gasteiger partial charge in [0.25, 0.3) is 0 Å². The lowest BCUT2D eigenvalue weighted by molar-refractivity contribution is -0.137. The second kappa shape index (κ2) is 6.34. The second-order valence-corrected chi connectivity index (χ2v) is 7.47. The topological polar surface area (TPSA) is 74.7 Å². The minimum absolute atomic E-state index is 0.0491. The fourth-order valence-electron chi connectivity index (χ4n) is 1.48. The molecule has 1 rings (SSSR count). The number of hydrogen-bond acceptors (Lipinski definition) is 3. The van der Waals surface area contributed by atoms with E-state index in [2.05, 4.69) is 31.9 Å². The molecule has 8 heteroatoms. The first kappa shape index (κ1) is 16.6. The van der Waals surface area contributed by atoms with E-state index in [4.69, 9.17) is 5.11 Å². The summed E-state index contributed by atoms with van der Waals surface area (Å²) in [6.45, 7) is 2.96. The quantitative estimate of drug-likeness (QED) is 0.803. The van der Waals surface area contributed by atoms with Crippen LogP contribution in [0.4, 0.5) is 0 Å². The maximum Gasteiger partial charge on any atom is 0.318 e. The SMILES string of the molecule is CCN(CC(=O)O)S(=O)(=O)c1cc(Br)c(C)cc1Br. The first-order chi connectivity index (χ1) is 8.70. The molecule has 0 saturated heterocycles. The number of nitrogens with zero attached hydrogens (tertiary/aromatic N) is 1. The van der Waals surface area contributed by atoms with Gasteiger partial charge < -0.3 is 5.11 Å². The molecule has 0 bridgehead atoms. The molecule has 5 nitrogen and oxygen atoms in total. The molecule has 0 atom stereocenters. The number of carboxylic acid groups (broad SMARTS) is 1. The number of halogens is 2. The van der Waals surface area contributed by atoms with Crippen LogP contribution in [0.2, 0.25) is 0 Å². The third kappa shape index (κ3) is 3.77. The largest absolute Gasteiger partial charge is 0.480 e. The van der Waals surface area contributed by atoms with Gasteiger partial charge in [-0.2, -0.15) is 4.31 Å². The molecule has 0 heterocycles. The van der Waals surface area contributed by atoms with Crippen LogP contribution in [0.5, 0.6) is 0 Å². The zero-order valence-corrected chi connectivity index (χ0v) is 14.3. The fraction of sp³-hybridized carbons (Fsp3) is 0.364. The van der Waals surface area contributed by atoms with Gasteiger partial charge in [-0.1, -0.05) is 22.9 Å². The van der Waals surface area contributed by atoms with Gasteiger partial charge in [-0.25, -0.2) is 8.42 Å². The number of aliphatic carboxylic acids is 1. The molecule has 0 aliphatic carbocycles. The summed E-state index contributed by atoms with van der Waals surface area (Å²) in [6, 6.07) is 3.14. The van der Waals surface area contributed by atoms with Crippen LogP contribution < -0.4 is 0 Å². The van der Waals surface area contributed by atoms with Gasteiger partial charge in [-0.15, -0.1) is 0 Å². The highest BCUT2D eigenvalue weighted by atomic mass is 79.9. The average Bonchev–Trinajstić information content (AvgIpc) is 2.30. The molecule has 0 aromatic heterocycles.